The average molecular weight is 365 g/mol. The number of benzene rings is 1. The summed E-state index contributed by atoms with van der Waals surface area (Å²) >= 11 is 0. The highest BCUT2D eigenvalue weighted by Crippen LogP contribution is 2.38. The molecule has 7 heteroatoms. The van der Waals surface area contributed by atoms with Crippen LogP contribution in [0, 0.1) is 0 Å². The van der Waals surface area contributed by atoms with Gasteiger partial charge < -0.3 is 10.6 Å². The Morgan fingerprint density at radius 1 is 1.04 bits per heavy atom. The first kappa shape index (κ1) is 18.2. The van der Waals surface area contributed by atoms with Crippen LogP contribution in [-0.4, -0.2) is 33.3 Å². The van der Waals surface area contributed by atoms with Crippen molar-refractivity contribution in [3.63, 3.8) is 0 Å². The second-order valence-electron chi connectivity index (χ2n) is 6.86. The molecule has 0 saturated heterocycles. The van der Waals surface area contributed by atoms with E-state index in [9.17, 15) is 13.2 Å². The molecular weight excluding hydrogens is 338 g/mol. The van der Waals surface area contributed by atoms with Crippen LogP contribution >= 0.6 is 0 Å². The first-order chi connectivity index (χ1) is 12.0. The van der Waals surface area contributed by atoms with Crippen molar-refractivity contribution in [3.05, 3.63) is 28.3 Å². The van der Waals surface area contributed by atoms with E-state index >= 15 is 0 Å². The summed E-state index contributed by atoms with van der Waals surface area (Å²) < 4.78 is 26.2. The van der Waals surface area contributed by atoms with Crippen LogP contribution in [0.15, 0.2) is 6.07 Å². The molecule has 2 aliphatic rings. The quantitative estimate of drug-likeness (QED) is 0.646. The van der Waals surface area contributed by atoms with Gasteiger partial charge in [0.05, 0.1) is 5.75 Å². The summed E-state index contributed by atoms with van der Waals surface area (Å²) in [5.74, 6) is -0.106. The third kappa shape index (κ3) is 4.33. The number of carbonyl (C=O) groups excluding carboxylic acids is 1. The number of anilines is 1. The molecule has 3 rings (SSSR count). The number of amides is 2. The molecule has 0 bridgehead atoms. The summed E-state index contributed by atoms with van der Waals surface area (Å²) in [5, 5.41) is 5.88. The smallest absolute Gasteiger partial charge is 0.316 e. The summed E-state index contributed by atoms with van der Waals surface area (Å²) in [4.78, 5) is 12.3. The number of carbonyl (C=O) groups is 1. The topological polar surface area (TPSA) is 87.3 Å². The Morgan fingerprint density at radius 3 is 2.28 bits per heavy atom. The zero-order valence-corrected chi connectivity index (χ0v) is 15.6. The highest BCUT2D eigenvalue weighted by atomic mass is 32.2. The molecule has 2 amide bonds. The van der Waals surface area contributed by atoms with Crippen LogP contribution in [0.1, 0.15) is 48.4 Å². The maximum Gasteiger partial charge on any atom is 0.332 e. The van der Waals surface area contributed by atoms with E-state index in [0.717, 1.165) is 57.2 Å². The van der Waals surface area contributed by atoms with Gasteiger partial charge in [-0.05, 0) is 73.7 Å². The molecule has 0 aromatic heterocycles. The Hall–Kier alpha value is -1.60. The summed E-state index contributed by atoms with van der Waals surface area (Å²) in [5.41, 5.74) is 5.86. The Bertz CT molecular complexity index is 727. The first-order valence-corrected chi connectivity index (χ1v) is 10.8. The molecule has 0 heterocycles. The predicted octanol–water partition coefficient (Wildman–Crippen LogP) is 2.11. The molecule has 3 N–H and O–H groups in total. The lowest BCUT2D eigenvalue weighted by Gasteiger charge is -2.16. The lowest BCUT2D eigenvalue weighted by atomic mass is 9.99. The van der Waals surface area contributed by atoms with Gasteiger partial charge in [-0.25, -0.2) is 17.9 Å². The standard InChI is InChI=1S/C18H27N3O3S/c1-2-9-19-10-11-25(23,24)21-18(22)20-17-15-7-3-5-13(15)12-14-6-4-8-16(14)17/h12,19H,2-11H2,1H3,(H2,20,21,22). The van der Waals surface area contributed by atoms with Crippen LogP contribution in [0.4, 0.5) is 10.5 Å². The van der Waals surface area contributed by atoms with Crippen molar-refractivity contribution in [3.8, 4) is 0 Å². The fourth-order valence-corrected chi connectivity index (χ4v) is 4.66. The number of fused-ring (bicyclic) bond motifs is 2. The molecule has 0 saturated carbocycles. The minimum Gasteiger partial charge on any atom is -0.316 e. The third-order valence-corrected chi connectivity index (χ3v) is 6.17. The van der Waals surface area contributed by atoms with Gasteiger partial charge in [0, 0.05) is 12.2 Å². The van der Waals surface area contributed by atoms with Gasteiger partial charge >= 0.3 is 6.03 Å². The van der Waals surface area contributed by atoms with Crippen molar-refractivity contribution in [1.82, 2.24) is 10.0 Å². The van der Waals surface area contributed by atoms with Crippen molar-refractivity contribution in [2.24, 2.45) is 0 Å². The molecule has 25 heavy (non-hydrogen) atoms. The molecule has 0 radical (unpaired) electrons. The fourth-order valence-electron chi connectivity index (χ4n) is 3.81. The van der Waals surface area contributed by atoms with Gasteiger partial charge in [0.1, 0.15) is 0 Å². The van der Waals surface area contributed by atoms with Gasteiger partial charge in [0.2, 0.25) is 10.0 Å². The summed E-state index contributed by atoms with van der Waals surface area (Å²) in [6, 6.07) is 1.63. The Balaban J connectivity index is 1.68. The molecule has 1 aromatic carbocycles. The zero-order valence-electron chi connectivity index (χ0n) is 14.8. The molecular formula is C18H27N3O3S. The van der Waals surface area contributed by atoms with E-state index in [0.29, 0.717) is 6.54 Å². The van der Waals surface area contributed by atoms with Gasteiger partial charge in [0.25, 0.3) is 0 Å². The maximum absolute atomic E-state index is 12.3. The number of nitrogens with one attached hydrogen (secondary N) is 3. The minimum atomic E-state index is -3.63. The highest BCUT2D eigenvalue weighted by molar-refractivity contribution is 7.90. The number of hydrogen-bond acceptors (Lipinski definition) is 4. The number of aryl methyl sites for hydroxylation is 2. The van der Waals surface area contributed by atoms with E-state index < -0.39 is 16.1 Å². The van der Waals surface area contributed by atoms with Gasteiger partial charge in [-0.3, -0.25) is 0 Å². The highest BCUT2D eigenvalue weighted by Gasteiger charge is 2.25. The Morgan fingerprint density at radius 2 is 1.68 bits per heavy atom. The molecule has 138 valence electrons. The van der Waals surface area contributed by atoms with Gasteiger partial charge in [-0.2, -0.15) is 0 Å². The van der Waals surface area contributed by atoms with Crippen molar-refractivity contribution in [1.29, 1.82) is 0 Å². The number of hydrogen-bond donors (Lipinski definition) is 3. The Labute approximate surface area is 149 Å². The van der Waals surface area contributed by atoms with Crippen molar-refractivity contribution in [2.45, 2.75) is 51.9 Å². The second kappa shape index (κ2) is 7.74. The minimum absolute atomic E-state index is 0.106. The molecule has 0 fully saturated rings. The summed E-state index contributed by atoms with van der Waals surface area (Å²) in [6.45, 7) is 3.13. The first-order valence-electron chi connectivity index (χ1n) is 9.19. The molecule has 6 nitrogen and oxygen atoms in total. The van der Waals surface area contributed by atoms with E-state index in [2.05, 4.69) is 21.4 Å². The lowest BCUT2D eigenvalue weighted by Crippen LogP contribution is -2.38. The normalized spacial score (nSPS) is 15.7. The Kier molecular flexibility index (Phi) is 5.64. The number of rotatable bonds is 7. The van der Waals surface area contributed by atoms with E-state index in [-0.39, 0.29) is 5.75 Å². The number of sulfonamides is 1. The van der Waals surface area contributed by atoms with Crippen LogP contribution < -0.4 is 15.4 Å². The summed E-state index contributed by atoms with van der Waals surface area (Å²) in [6.07, 6.45) is 7.11. The SMILES string of the molecule is CCCNCCS(=O)(=O)NC(=O)Nc1c2c(cc3c1CCC3)CCC2. The van der Waals surface area contributed by atoms with Crippen molar-refractivity contribution >= 4 is 21.7 Å². The van der Waals surface area contributed by atoms with Crippen LogP contribution in [0.2, 0.25) is 0 Å². The summed E-state index contributed by atoms with van der Waals surface area (Å²) in [7, 11) is -3.63. The van der Waals surface area contributed by atoms with Crippen LogP contribution in [0.3, 0.4) is 0 Å². The van der Waals surface area contributed by atoms with Crippen LogP contribution in [0.5, 0.6) is 0 Å². The van der Waals surface area contributed by atoms with Crippen LogP contribution in [-0.2, 0) is 35.7 Å². The van der Waals surface area contributed by atoms with Gasteiger partial charge in [-0.15, -0.1) is 0 Å². The van der Waals surface area contributed by atoms with E-state index in [1.807, 2.05) is 6.92 Å². The van der Waals surface area contributed by atoms with E-state index in [1.54, 1.807) is 0 Å². The second-order valence-corrected chi connectivity index (χ2v) is 8.70. The van der Waals surface area contributed by atoms with E-state index in [1.165, 1.54) is 22.3 Å². The molecule has 0 spiro atoms. The molecule has 0 unspecified atom stereocenters. The molecule has 0 atom stereocenters. The van der Waals surface area contributed by atoms with Gasteiger partial charge in [-0.1, -0.05) is 13.0 Å². The maximum atomic E-state index is 12.3. The number of urea groups is 1. The monoisotopic (exact) mass is 365 g/mol. The van der Waals surface area contributed by atoms with E-state index in [4.69, 9.17) is 0 Å². The van der Waals surface area contributed by atoms with Crippen LogP contribution in [0.25, 0.3) is 0 Å². The third-order valence-electron chi connectivity index (χ3n) is 4.93. The fraction of sp³-hybridized carbons (Fsp3) is 0.611. The predicted molar refractivity (Wildman–Crippen MR) is 99.6 cm³/mol. The van der Waals surface area contributed by atoms with Crippen molar-refractivity contribution in [2.75, 3.05) is 24.2 Å². The lowest BCUT2D eigenvalue weighted by molar-refractivity contribution is 0.256. The molecule has 2 aliphatic carbocycles. The molecule has 1 aromatic rings. The zero-order chi connectivity index (χ0) is 17.9. The molecule has 0 aliphatic heterocycles. The van der Waals surface area contributed by atoms with Gasteiger partial charge in [0.15, 0.2) is 0 Å². The average Bonchev–Trinajstić information content (AvgIpc) is 3.19. The largest absolute Gasteiger partial charge is 0.332 e. The van der Waals surface area contributed by atoms with Crippen molar-refractivity contribution < 1.29 is 13.2 Å².